The molecule has 0 saturated carbocycles. The van der Waals surface area contributed by atoms with Crippen LogP contribution in [0.3, 0.4) is 0 Å². The van der Waals surface area contributed by atoms with Crippen LogP contribution in [0.1, 0.15) is 44.7 Å². The van der Waals surface area contributed by atoms with Crippen molar-refractivity contribution in [1.82, 2.24) is 14.8 Å². The number of nitrogens with zero attached hydrogens (tertiary/aromatic N) is 2. The third-order valence-electron chi connectivity index (χ3n) is 6.88. The number of rotatable bonds is 3. The molecule has 3 heterocycles. The zero-order valence-electron chi connectivity index (χ0n) is 19.9. The van der Waals surface area contributed by atoms with Crippen LogP contribution in [0.15, 0.2) is 60.8 Å². The van der Waals surface area contributed by atoms with Gasteiger partial charge in [0.2, 0.25) is 0 Å². The van der Waals surface area contributed by atoms with Crippen molar-refractivity contribution in [3.8, 4) is 0 Å². The van der Waals surface area contributed by atoms with Crippen molar-refractivity contribution >= 4 is 23.1 Å². The minimum Gasteiger partial charge on any atom is -0.445 e. The van der Waals surface area contributed by atoms with E-state index in [1.807, 2.05) is 80.4 Å². The van der Waals surface area contributed by atoms with E-state index >= 15 is 0 Å². The van der Waals surface area contributed by atoms with Crippen LogP contribution in [0, 0.1) is 0 Å². The maximum absolute atomic E-state index is 13.5. The van der Waals surface area contributed by atoms with Gasteiger partial charge in [-0.3, -0.25) is 4.90 Å². The summed E-state index contributed by atoms with van der Waals surface area (Å²) in [5, 5.41) is 1.06. The van der Waals surface area contributed by atoms with E-state index in [0.29, 0.717) is 25.9 Å². The van der Waals surface area contributed by atoms with Crippen molar-refractivity contribution in [2.45, 2.75) is 57.4 Å². The molecule has 0 radical (unpaired) electrons. The Morgan fingerprint density at radius 3 is 2.53 bits per heavy atom. The fourth-order valence-electron chi connectivity index (χ4n) is 5.51. The molecule has 2 saturated heterocycles. The molecule has 178 valence electrons. The Morgan fingerprint density at radius 2 is 1.76 bits per heavy atom. The first-order valence-corrected chi connectivity index (χ1v) is 11.8. The quantitative estimate of drug-likeness (QED) is 0.566. The Labute approximate surface area is 199 Å². The van der Waals surface area contributed by atoms with Crippen molar-refractivity contribution in [1.29, 1.82) is 0 Å². The van der Waals surface area contributed by atoms with E-state index in [-0.39, 0.29) is 24.8 Å². The predicted octanol–water partition coefficient (Wildman–Crippen LogP) is 5.42. The molecule has 1 N–H and O–H groups in total. The molecule has 0 unspecified atom stereocenters. The molecule has 2 amide bonds. The van der Waals surface area contributed by atoms with Gasteiger partial charge >= 0.3 is 12.2 Å². The minimum atomic E-state index is -0.676. The van der Waals surface area contributed by atoms with Gasteiger partial charge in [-0.2, -0.15) is 0 Å². The van der Waals surface area contributed by atoms with Gasteiger partial charge in [0, 0.05) is 35.8 Å². The van der Waals surface area contributed by atoms with Gasteiger partial charge in [0.25, 0.3) is 0 Å². The maximum atomic E-state index is 13.5. The molecule has 2 atom stereocenters. The molecule has 2 fully saturated rings. The second-order valence-corrected chi connectivity index (χ2v) is 10.1. The van der Waals surface area contributed by atoms with E-state index in [0.717, 1.165) is 22.0 Å². The monoisotopic (exact) mass is 461 g/mol. The van der Waals surface area contributed by atoms with Crippen molar-refractivity contribution < 1.29 is 19.1 Å². The highest BCUT2D eigenvalue weighted by Crippen LogP contribution is 2.51. The second-order valence-electron chi connectivity index (χ2n) is 10.1. The smallest absolute Gasteiger partial charge is 0.410 e. The molecule has 2 aromatic carbocycles. The van der Waals surface area contributed by atoms with Gasteiger partial charge in [0.1, 0.15) is 12.2 Å². The van der Waals surface area contributed by atoms with Crippen LogP contribution in [-0.4, -0.2) is 51.7 Å². The molecule has 2 aliphatic rings. The molecule has 5 rings (SSSR count). The lowest BCUT2D eigenvalue weighted by molar-refractivity contribution is 0.0170. The summed E-state index contributed by atoms with van der Waals surface area (Å²) >= 11 is 0. The Kier molecular flexibility index (Phi) is 5.50. The molecule has 1 aromatic heterocycles. The van der Waals surface area contributed by atoms with Gasteiger partial charge in [0.05, 0.1) is 11.6 Å². The number of H-pyrrole nitrogens is 1. The fraction of sp³-hybridized carbons (Fsp3) is 0.407. The molecule has 2 aliphatic heterocycles. The van der Waals surface area contributed by atoms with Crippen molar-refractivity contribution in [3.05, 3.63) is 71.9 Å². The maximum Gasteiger partial charge on any atom is 0.410 e. The van der Waals surface area contributed by atoms with Crippen LogP contribution < -0.4 is 0 Å². The first-order chi connectivity index (χ1) is 16.3. The number of carbonyl (C=O) groups excluding carboxylic acids is 2. The van der Waals surface area contributed by atoms with Crippen LogP contribution in [-0.2, 0) is 21.6 Å². The second kappa shape index (κ2) is 8.38. The standard InChI is InChI=1S/C27H31N3O4/c1-26(2,3)34-24(31)29-16-14-27(21-17-28-22-12-8-7-11-20(21)22)23(29)13-15-30(27)25(32)33-18-19-9-5-4-6-10-19/h4-12,17,23,28H,13-16,18H2,1-3H3/t23-,27-/m1/s1. The fourth-order valence-corrected chi connectivity index (χ4v) is 5.51. The summed E-state index contributed by atoms with van der Waals surface area (Å²) in [7, 11) is 0. The van der Waals surface area contributed by atoms with E-state index in [1.165, 1.54) is 0 Å². The van der Waals surface area contributed by atoms with E-state index in [4.69, 9.17) is 9.47 Å². The average molecular weight is 462 g/mol. The third kappa shape index (κ3) is 3.79. The van der Waals surface area contributed by atoms with Crippen molar-refractivity contribution in [2.24, 2.45) is 0 Å². The zero-order chi connectivity index (χ0) is 23.9. The number of aromatic amines is 1. The Morgan fingerprint density at radius 1 is 1.03 bits per heavy atom. The molecular weight excluding hydrogens is 430 g/mol. The van der Waals surface area contributed by atoms with Crippen molar-refractivity contribution in [2.75, 3.05) is 13.1 Å². The molecule has 34 heavy (non-hydrogen) atoms. The highest BCUT2D eigenvalue weighted by molar-refractivity contribution is 5.86. The lowest BCUT2D eigenvalue weighted by Crippen LogP contribution is -2.51. The van der Waals surface area contributed by atoms with Gasteiger partial charge in [-0.15, -0.1) is 0 Å². The number of amides is 2. The van der Waals surface area contributed by atoms with Crippen LogP contribution in [0.4, 0.5) is 9.59 Å². The van der Waals surface area contributed by atoms with E-state index in [2.05, 4.69) is 11.1 Å². The minimum absolute atomic E-state index is 0.189. The predicted molar refractivity (Wildman–Crippen MR) is 129 cm³/mol. The van der Waals surface area contributed by atoms with Crippen molar-refractivity contribution in [3.63, 3.8) is 0 Å². The first kappa shape index (κ1) is 22.3. The number of hydrogen-bond donors (Lipinski definition) is 1. The van der Waals surface area contributed by atoms with Crippen LogP contribution in [0.2, 0.25) is 0 Å². The summed E-state index contributed by atoms with van der Waals surface area (Å²) in [6, 6.07) is 17.6. The number of likely N-dealkylation sites (tertiary alicyclic amines) is 2. The van der Waals surface area contributed by atoms with E-state index < -0.39 is 11.1 Å². The van der Waals surface area contributed by atoms with Gasteiger partial charge in [-0.1, -0.05) is 48.5 Å². The third-order valence-corrected chi connectivity index (χ3v) is 6.88. The number of carbonyl (C=O) groups is 2. The number of hydrogen-bond acceptors (Lipinski definition) is 4. The van der Waals surface area contributed by atoms with Crippen LogP contribution >= 0.6 is 0 Å². The number of benzene rings is 2. The summed E-state index contributed by atoms with van der Waals surface area (Å²) in [6.45, 7) is 6.85. The molecule has 0 aliphatic carbocycles. The molecule has 7 nitrogen and oxygen atoms in total. The number of ether oxygens (including phenoxy) is 2. The summed E-state index contributed by atoms with van der Waals surface area (Å²) in [5.74, 6) is 0. The van der Waals surface area contributed by atoms with Gasteiger partial charge in [-0.25, -0.2) is 9.59 Å². The van der Waals surface area contributed by atoms with E-state index in [1.54, 1.807) is 4.90 Å². The molecular formula is C27H31N3O4. The highest BCUT2D eigenvalue weighted by atomic mass is 16.6. The van der Waals surface area contributed by atoms with Gasteiger partial charge < -0.3 is 19.4 Å². The highest BCUT2D eigenvalue weighted by Gasteiger charge is 2.60. The molecule has 7 heteroatoms. The Bertz CT molecular complexity index is 1200. The Hall–Kier alpha value is -3.48. The van der Waals surface area contributed by atoms with Crippen LogP contribution in [0.25, 0.3) is 10.9 Å². The van der Waals surface area contributed by atoms with Crippen LogP contribution in [0.5, 0.6) is 0 Å². The molecule has 3 aromatic rings. The lowest BCUT2D eigenvalue weighted by atomic mass is 9.83. The topological polar surface area (TPSA) is 74.9 Å². The largest absolute Gasteiger partial charge is 0.445 e. The number of aromatic nitrogens is 1. The Balaban J connectivity index is 1.50. The summed E-state index contributed by atoms with van der Waals surface area (Å²) in [4.78, 5) is 33.6. The molecule has 0 bridgehead atoms. The normalized spacial score (nSPS) is 22.1. The average Bonchev–Trinajstić information content (AvgIpc) is 3.49. The van der Waals surface area contributed by atoms with E-state index in [9.17, 15) is 9.59 Å². The number of nitrogens with one attached hydrogen (secondary N) is 1. The number of para-hydroxylation sites is 1. The number of fused-ring (bicyclic) bond motifs is 2. The first-order valence-electron chi connectivity index (χ1n) is 11.8. The zero-order valence-corrected chi connectivity index (χ0v) is 19.9. The summed E-state index contributed by atoms with van der Waals surface area (Å²) < 4.78 is 11.5. The summed E-state index contributed by atoms with van der Waals surface area (Å²) in [5.41, 5.74) is 1.70. The lowest BCUT2D eigenvalue weighted by Gasteiger charge is -2.38. The van der Waals surface area contributed by atoms with Gasteiger partial charge in [-0.05, 0) is 45.2 Å². The van der Waals surface area contributed by atoms with Gasteiger partial charge in [0.15, 0.2) is 0 Å². The molecule has 0 spiro atoms. The summed E-state index contributed by atoms with van der Waals surface area (Å²) in [6.07, 6.45) is 2.58. The SMILES string of the molecule is CC(C)(C)OC(=O)N1CC[C@@]2(c3c[nH]c4ccccc34)[C@H]1CCN2C(=O)OCc1ccccc1.